The van der Waals surface area contributed by atoms with Gasteiger partial charge < -0.3 is 23.7 Å². The minimum atomic E-state index is 0.126. The fourth-order valence-electron chi connectivity index (χ4n) is 4.24. The SMILES string of the molecule is COc1ccc(CN2CCN(C(=O)Cn3ccc4cc(Cl)ccc43)CC2)c(OC)c1OC. The molecule has 0 unspecified atom stereocenters. The molecule has 2 heterocycles. The Labute approximate surface area is 193 Å². The number of rotatable bonds is 7. The number of fused-ring (bicyclic) bond motifs is 1. The molecule has 4 rings (SSSR count). The first-order valence-corrected chi connectivity index (χ1v) is 10.9. The molecule has 1 amide bonds. The van der Waals surface area contributed by atoms with Crippen LogP contribution in [0.2, 0.25) is 5.02 Å². The molecule has 0 radical (unpaired) electrons. The third-order valence-electron chi connectivity index (χ3n) is 5.94. The Balaban J connectivity index is 1.37. The smallest absolute Gasteiger partial charge is 0.242 e. The highest BCUT2D eigenvalue weighted by atomic mass is 35.5. The number of piperazine rings is 1. The highest BCUT2D eigenvalue weighted by molar-refractivity contribution is 6.31. The van der Waals surface area contributed by atoms with Gasteiger partial charge in [0.2, 0.25) is 11.7 Å². The molecule has 2 aromatic carbocycles. The van der Waals surface area contributed by atoms with E-state index in [1.807, 2.05) is 52.1 Å². The van der Waals surface area contributed by atoms with E-state index in [1.54, 1.807) is 21.3 Å². The summed E-state index contributed by atoms with van der Waals surface area (Å²) in [6.45, 7) is 4.03. The maximum absolute atomic E-state index is 12.9. The van der Waals surface area contributed by atoms with Crippen molar-refractivity contribution in [3.05, 3.63) is 53.2 Å². The van der Waals surface area contributed by atoms with Crippen LogP contribution in [0.3, 0.4) is 0 Å². The summed E-state index contributed by atoms with van der Waals surface area (Å²) >= 11 is 6.07. The van der Waals surface area contributed by atoms with Gasteiger partial charge in [0.15, 0.2) is 11.5 Å². The number of amides is 1. The second kappa shape index (κ2) is 9.71. The summed E-state index contributed by atoms with van der Waals surface area (Å²) in [6.07, 6.45) is 1.94. The average Bonchev–Trinajstić information content (AvgIpc) is 3.20. The number of aromatic nitrogens is 1. The number of hydrogen-bond acceptors (Lipinski definition) is 5. The highest BCUT2D eigenvalue weighted by Crippen LogP contribution is 2.40. The summed E-state index contributed by atoms with van der Waals surface area (Å²) in [5.74, 6) is 2.05. The van der Waals surface area contributed by atoms with Crippen molar-refractivity contribution in [2.45, 2.75) is 13.1 Å². The van der Waals surface area contributed by atoms with Crippen LogP contribution in [0.15, 0.2) is 42.6 Å². The van der Waals surface area contributed by atoms with Crippen LogP contribution in [0.25, 0.3) is 10.9 Å². The van der Waals surface area contributed by atoms with E-state index in [0.717, 1.165) is 29.6 Å². The topological polar surface area (TPSA) is 56.2 Å². The first-order chi connectivity index (χ1) is 15.5. The minimum absolute atomic E-state index is 0.126. The maximum atomic E-state index is 12.9. The lowest BCUT2D eigenvalue weighted by Gasteiger charge is -2.35. The number of carbonyl (C=O) groups excluding carboxylic acids is 1. The van der Waals surface area contributed by atoms with Crippen molar-refractivity contribution in [3.8, 4) is 17.2 Å². The maximum Gasteiger partial charge on any atom is 0.242 e. The van der Waals surface area contributed by atoms with Crippen LogP contribution in [0.1, 0.15) is 5.56 Å². The molecule has 1 aliphatic heterocycles. The molecule has 32 heavy (non-hydrogen) atoms. The molecule has 0 N–H and O–H groups in total. The fraction of sp³-hybridized carbons (Fsp3) is 0.375. The zero-order valence-corrected chi connectivity index (χ0v) is 19.4. The largest absolute Gasteiger partial charge is 0.493 e. The van der Waals surface area contributed by atoms with Crippen molar-refractivity contribution in [2.24, 2.45) is 0 Å². The van der Waals surface area contributed by atoms with Crippen LogP contribution < -0.4 is 14.2 Å². The lowest BCUT2D eigenvalue weighted by Crippen LogP contribution is -2.49. The molecule has 0 saturated carbocycles. The van der Waals surface area contributed by atoms with Crippen LogP contribution in [0.5, 0.6) is 17.2 Å². The van der Waals surface area contributed by atoms with Crippen LogP contribution >= 0.6 is 11.6 Å². The number of carbonyl (C=O) groups is 1. The first kappa shape index (κ1) is 22.3. The van der Waals surface area contributed by atoms with Gasteiger partial charge in [-0.05, 0) is 30.3 Å². The van der Waals surface area contributed by atoms with Crippen molar-refractivity contribution < 1.29 is 19.0 Å². The Bertz CT molecular complexity index is 1110. The Morgan fingerprint density at radius 3 is 2.38 bits per heavy atom. The lowest BCUT2D eigenvalue weighted by molar-refractivity contribution is -0.133. The van der Waals surface area contributed by atoms with Gasteiger partial charge in [0.25, 0.3) is 0 Å². The third-order valence-corrected chi connectivity index (χ3v) is 6.18. The minimum Gasteiger partial charge on any atom is -0.493 e. The predicted molar refractivity (Wildman–Crippen MR) is 125 cm³/mol. The predicted octanol–water partition coefficient (Wildman–Crippen LogP) is 3.66. The molecule has 1 aromatic heterocycles. The molecule has 0 aliphatic carbocycles. The first-order valence-electron chi connectivity index (χ1n) is 10.6. The zero-order valence-electron chi connectivity index (χ0n) is 18.6. The monoisotopic (exact) mass is 457 g/mol. The van der Waals surface area contributed by atoms with Crippen LogP contribution in [0.4, 0.5) is 0 Å². The molecule has 1 saturated heterocycles. The molecule has 1 aliphatic rings. The summed E-state index contributed by atoms with van der Waals surface area (Å²) in [6, 6.07) is 11.6. The lowest BCUT2D eigenvalue weighted by atomic mass is 10.1. The van der Waals surface area contributed by atoms with Crippen molar-refractivity contribution in [1.82, 2.24) is 14.4 Å². The Morgan fingerprint density at radius 2 is 1.69 bits per heavy atom. The van der Waals surface area contributed by atoms with Crippen LogP contribution in [0, 0.1) is 0 Å². The summed E-state index contributed by atoms with van der Waals surface area (Å²) in [7, 11) is 4.85. The molecule has 8 heteroatoms. The molecule has 0 atom stereocenters. The molecule has 170 valence electrons. The van der Waals surface area contributed by atoms with E-state index in [1.165, 1.54) is 0 Å². The van der Waals surface area contributed by atoms with Gasteiger partial charge in [-0.15, -0.1) is 0 Å². The van der Waals surface area contributed by atoms with E-state index in [0.29, 0.717) is 48.5 Å². The highest BCUT2D eigenvalue weighted by Gasteiger charge is 2.24. The fourth-order valence-corrected chi connectivity index (χ4v) is 4.42. The number of benzene rings is 2. The number of ether oxygens (including phenoxy) is 3. The van der Waals surface area contributed by atoms with Gasteiger partial charge in [0, 0.05) is 60.4 Å². The average molecular weight is 458 g/mol. The normalized spacial score (nSPS) is 14.6. The Hall–Kier alpha value is -2.90. The molecular formula is C24H28ClN3O4. The molecule has 0 bridgehead atoms. The Morgan fingerprint density at radius 1 is 0.938 bits per heavy atom. The Kier molecular flexibility index (Phi) is 6.77. The zero-order chi connectivity index (χ0) is 22.7. The van der Waals surface area contributed by atoms with E-state index >= 15 is 0 Å². The van der Waals surface area contributed by atoms with Gasteiger partial charge in [-0.2, -0.15) is 0 Å². The summed E-state index contributed by atoms with van der Waals surface area (Å²) < 4.78 is 18.4. The van der Waals surface area contributed by atoms with Gasteiger partial charge in [-0.3, -0.25) is 9.69 Å². The summed E-state index contributed by atoms with van der Waals surface area (Å²) in [5, 5.41) is 1.74. The van der Waals surface area contributed by atoms with Crippen molar-refractivity contribution >= 4 is 28.4 Å². The molecule has 0 spiro atoms. The molecule has 1 fully saturated rings. The van der Waals surface area contributed by atoms with Gasteiger partial charge in [-0.25, -0.2) is 0 Å². The van der Waals surface area contributed by atoms with Crippen LogP contribution in [-0.2, 0) is 17.9 Å². The van der Waals surface area contributed by atoms with E-state index in [2.05, 4.69) is 4.90 Å². The molecule has 7 nitrogen and oxygen atoms in total. The second-order valence-corrected chi connectivity index (χ2v) is 8.23. The van der Waals surface area contributed by atoms with Gasteiger partial charge in [-0.1, -0.05) is 17.7 Å². The van der Waals surface area contributed by atoms with E-state index in [9.17, 15) is 4.79 Å². The standard InChI is InChI=1S/C24H28ClN3O4/c1-30-21-7-4-18(23(31-2)24(21)32-3)15-26-10-12-27(13-11-26)22(29)16-28-9-8-17-14-19(25)5-6-20(17)28/h4-9,14H,10-13,15-16H2,1-3H3. The molecular weight excluding hydrogens is 430 g/mol. The summed E-state index contributed by atoms with van der Waals surface area (Å²) in [5.41, 5.74) is 2.05. The van der Waals surface area contributed by atoms with Crippen molar-refractivity contribution in [2.75, 3.05) is 47.5 Å². The van der Waals surface area contributed by atoms with Gasteiger partial charge >= 0.3 is 0 Å². The number of hydrogen-bond donors (Lipinski definition) is 0. The number of nitrogens with zero attached hydrogens (tertiary/aromatic N) is 3. The van der Waals surface area contributed by atoms with Crippen molar-refractivity contribution in [3.63, 3.8) is 0 Å². The number of methoxy groups -OCH3 is 3. The third kappa shape index (κ3) is 4.49. The second-order valence-electron chi connectivity index (χ2n) is 7.80. The van der Waals surface area contributed by atoms with Crippen LogP contribution in [-0.4, -0.2) is 67.8 Å². The number of halogens is 1. The van der Waals surface area contributed by atoms with E-state index in [-0.39, 0.29) is 5.91 Å². The van der Waals surface area contributed by atoms with Gasteiger partial charge in [0.1, 0.15) is 6.54 Å². The van der Waals surface area contributed by atoms with E-state index < -0.39 is 0 Å². The quantitative estimate of drug-likeness (QED) is 0.542. The van der Waals surface area contributed by atoms with Gasteiger partial charge in [0.05, 0.1) is 21.3 Å². The summed E-state index contributed by atoms with van der Waals surface area (Å²) in [4.78, 5) is 17.2. The van der Waals surface area contributed by atoms with E-state index in [4.69, 9.17) is 25.8 Å². The van der Waals surface area contributed by atoms with Crippen molar-refractivity contribution in [1.29, 1.82) is 0 Å². The molecule has 3 aromatic rings.